The summed E-state index contributed by atoms with van der Waals surface area (Å²) in [6.07, 6.45) is 1.79. The van der Waals surface area contributed by atoms with Gasteiger partial charge in [0, 0.05) is 0 Å². The predicted octanol–water partition coefficient (Wildman–Crippen LogP) is 1.90. The number of rotatable bonds is 5. The quantitative estimate of drug-likeness (QED) is 0.437. The molecule has 0 aromatic carbocycles. The lowest BCUT2D eigenvalue weighted by Crippen LogP contribution is -2.41. The van der Waals surface area contributed by atoms with Crippen molar-refractivity contribution in [1.29, 1.82) is 0 Å². The molecule has 0 aromatic rings. The third kappa shape index (κ3) is 4.96. The number of halogens is 3. The van der Waals surface area contributed by atoms with E-state index in [1.54, 1.807) is 0 Å². The van der Waals surface area contributed by atoms with E-state index in [2.05, 4.69) is 10.2 Å². The fraction of sp³-hybridized carbons (Fsp3) is 0.800. The van der Waals surface area contributed by atoms with E-state index in [4.69, 9.17) is 5.84 Å². The van der Waals surface area contributed by atoms with Gasteiger partial charge < -0.3 is 4.74 Å². The van der Waals surface area contributed by atoms with E-state index < -0.39 is 12.8 Å². The molecule has 3 N–H and O–H groups in total. The van der Waals surface area contributed by atoms with Crippen LogP contribution in [0, 0.1) is 0 Å². The Balaban J connectivity index is 2.34. The Morgan fingerprint density at radius 2 is 2.19 bits per heavy atom. The first-order chi connectivity index (χ1) is 7.53. The van der Waals surface area contributed by atoms with Crippen LogP contribution in [0.3, 0.4) is 0 Å². The van der Waals surface area contributed by atoms with Gasteiger partial charge in [-0.05, 0) is 25.7 Å². The molecule has 94 valence electrons. The Kier molecular flexibility index (Phi) is 5.24. The molecule has 0 aromatic heterocycles. The summed E-state index contributed by atoms with van der Waals surface area (Å²) in [6, 6.07) is -0.303. The second-order valence-corrected chi connectivity index (χ2v) is 3.87. The van der Waals surface area contributed by atoms with Gasteiger partial charge in [-0.1, -0.05) is 11.6 Å². The van der Waals surface area contributed by atoms with E-state index in [1.807, 2.05) is 6.08 Å². The highest BCUT2D eigenvalue weighted by Gasteiger charge is 2.28. The molecular formula is C10H17F3N2O. The number of allylic oxidation sites excluding steroid dienone is 1. The van der Waals surface area contributed by atoms with Crippen LogP contribution in [0.5, 0.6) is 0 Å². The molecule has 16 heavy (non-hydrogen) atoms. The summed E-state index contributed by atoms with van der Waals surface area (Å²) in [4.78, 5) is 0. The van der Waals surface area contributed by atoms with Gasteiger partial charge in [-0.25, -0.2) is 0 Å². The highest BCUT2D eigenvalue weighted by Crippen LogP contribution is 2.21. The molecule has 0 saturated heterocycles. The molecule has 3 nitrogen and oxygen atoms in total. The largest absolute Gasteiger partial charge is 0.411 e. The van der Waals surface area contributed by atoms with Crippen molar-refractivity contribution in [3.63, 3.8) is 0 Å². The third-order valence-electron chi connectivity index (χ3n) is 2.53. The van der Waals surface area contributed by atoms with Crippen LogP contribution >= 0.6 is 0 Å². The molecule has 0 bridgehead atoms. The maximum atomic E-state index is 11.9. The maximum absolute atomic E-state index is 11.9. The fourth-order valence-corrected chi connectivity index (χ4v) is 1.73. The molecule has 1 unspecified atom stereocenters. The number of alkyl halides is 3. The van der Waals surface area contributed by atoms with Crippen molar-refractivity contribution in [2.75, 3.05) is 13.2 Å². The average molecular weight is 238 g/mol. The van der Waals surface area contributed by atoms with Crippen LogP contribution in [0.4, 0.5) is 13.2 Å². The predicted molar refractivity (Wildman–Crippen MR) is 54.5 cm³/mol. The van der Waals surface area contributed by atoms with E-state index in [0.717, 1.165) is 31.3 Å². The van der Waals surface area contributed by atoms with Gasteiger partial charge in [0.05, 0.1) is 12.6 Å². The Hall–Kier alpha value is -0.590. The molecular weight excluding hydrogens is 221 g/mol. The van der Waals surface area contributed by atoms with E-state index in [-0.39, 0.29) is 12.6 Å². The van der Waals surface area contributed by atoms with Gasteiger partial charge in [0.25, 0.3) is 0 Å². The molecule has 0 heterocycles. The summed E-state index contributed by atoms with van der Waals surface area (Å²) in [5.41, 5.74) is 3.55. The fourth-order valence-electron chi connectivity index (χ4n) is 1.73. The molecule has 0 spiro atoms. The lowest BCUT2D eigenvalue weighted by molar-refractivity contribution is -0.174. The number of hydrogen-bond acceptors (Lipinski definition) is 3. The average Bonchev–Trinajstić information content (AvgIpc) is 2.24. The molecule has 6 heteroatoms. The maximum Gasteiger partial charge on any atom is 0.411 e. The lowest BCUT2D eigenvalue weighted by Gasteiger charge is -2.22. The first-order valence-electron chi connectivity index (χ1n) is 5.32. The molecule has 1 atom stereocenters. The van der Waals surface area contributed by atoms with Crippen molar-refractivity contribution < 1.29 is 17.9 Å². The monoisotopic (exact) mass is 238 g/mol. The van der Waals surface area contributed by atoms with Gasteiger partial charge in [0.2, 0.25) is 0 Å². The summed E-state index contributed by atoms with van der Waals surface area (Å²) in [6.45, 7) is -1.26. The van der Waals surface area contributed by atoms with E-state index in [9.17, 15) is 13.2 Å². The first-order valence-corrected chi connectivity index (χ1v) is 5.32. The van der Waals surface area contributed by atoms with Crippen LogP contribution in [-0.2, 0) is 4.74 Å². The Morgan fingerprint density at radius 3 is 2.69 bits per heavy atom. The van der Waals surface area contributed by atoms with Crippen LogP contribution in [0.1, 0.15) is 25.7 Å². The highest BCUT2D eigenvalue weighted by atomic mass is 19.4. The van der Waals surface area contributed by atoms with Gasteiger partial charge in [0.1, 0.15) is 6.61 Å². The smallest absolute Gasteiger partial charge is 0.370 e. The van der Waals surface area contributed by atoms with Crippen molar-refractivity contribution in [2.45, 2.75) is 37.9 Å². The molecule has 0 aliphatic heterocycles. The van der Waals surface area contributed by atoms with Crippen molar-refractivity contribution in [2.24, 2.45) is 5.84 Å². The van der Waals surface area contributed by atoms with E-state index in [1.165, 1.54) is 0 Å². The molecule has 1 aliphatic rings. The number of nitrogens with two attached hydrogens (primary N) is 1. The van der Waals surface area contributed by atoms with Crippen LogP contribution in [0.25, 0.3) is 0 Å². The molecule has 0 radical (unpaired) electrons. The Labute approximate surface area is 92.8 Å². The van der Waals surface area contributed by atoms with Crippen molar-refractivity contribution in [3.05, 3.63) is 11.6 Å². The number of hydrazine groups is 1. The third-order valence-corrected chi connectivity index (χ3v) is 2.53. The van der Waals surface area contributed by atoms with Crippen LogP contribution in [0.2, 0.25) is 0 Å². The summed E-state index contributed by atoms with van der Waals surface area (Å²) in [7, 11) is 0. The minimum atomic E-state index is -4.28. The van der Waals surface area contributed by atoms with Crippen molar-refractivity contribution in [1.82, 2.24) is 5.43 Å². The topological polar surface area (TPSA) is 47.3 Å². The minimum absolute atomic E-state index is 0.0398. The second-order valence-electron chi connectivity index (χ2n) is 3.87. The highest BCUT2D eigenvalue weighted by molar-refractivity contribution is 5.12. The SMILES string of the molecule is NNC(COCC(F)(F)F)C1=CCCCC1. The summed E-state index contributed by atoms with van der Waals surface area (Å²) >= 11 is 0. The van der Waals surface area contributed by atoms with Gasteiger partial charge >= 0.3 is 6.18 Å². The molecule has 0 amide bonds. The second kappa shape index (κ2) is 6.22. The van der Waals surface area contributed by atoms with Crippen molar-refractivity contribution in [3.8, 4) is 0 Å². The molecule has 0 saturated carbocycles. The van der Waals surface area contributed by atoms with Crippen LogP contribution in [-0.4, -0.2) is 25.4 Å². The number of nitrogens with one attached hydrogen (secondary N) is 1. The van der Waals surface area contributed by atoms with Gasteiger partial charge in [0.15, 0.2) is 0 Å². The summed E-state index contributed by atoms with van der Waals surface area (Å²) < 4.78 is 40.2. The Bertz CT molecular complexity index is 241. The molecule has 0 fully saturated rings. The number of hydrogen-bond donors (Lipinski definition) is 2. The first kappa shape index (κ1) is 13.5. The summed E-state index contributed by atoms with van der Waals surface area (Å²) in [5, 5.41) is 0. The zero-order valence-corrected chi connectivity index (χ0v) is 9.02. The zero-order valence-electron chi connectivity index (χ0n) is 9.02. The van der Waals surface area contributed by atoms with Gasteiger partial charge in [-0.15, -0.1) is 0 Å². The lowest BCUT2D eigenvalue weighted by atomic mass is 9.94. The van der Waals surface area contributed by atoms with Gasteiger partial charge in [-0.3, -0.25) is 11.3 Å². The van der Waals surface area contributed by atoms with Crippen LogP contribution < -0.4 is 11.3 Å². The standard InChI is InChI=1S/C10H17F3N2O/c11-10(12,13)7-16-6-9(15-14)8-4-2-1-3-5-8/h4,9,15H,1-3,5-7,14H2. The molecule has 1 rings (SSSR count). The van der Waals surface area contributed by atoms with Gasteiger partial charge in [-0.2, -0.15) is 13.2 Å². The molecule has 1 aliphatic carbocycles. The minimum Gasteiger partial charge on any atom is -0.370 e. The zero-order chi connectivity index (χ0) is 12.0. The van der Waals surface area contributed by atoms with E-state index in [0.29, 0.717) is 0 Å². The Morgan fingerprint density at radius 1 is 1.44 bits per heavy atom. The summed E-state index contributed by atoms with van der Waals surface area (Å²) in [5.74, 6) is 5.30. The van der Waals surface area contributed by atoms with Crippen molar-refractivity contribution >= 4 is 0 Å². The number of ether oxygens (including phenoxy) is 1. The normalized spacial score (nSPS) is 19.4. The van der Waals surface area contributed by atoms with E-state index >= 15 is 0 Å². The van der Waals surface area contributed by atoms with Crippen LogP contribution in [0.15, 0.2) is 11.6 Å².